The van der Waals surface area contributed by atoms with Gasteiger partial charge in [0.1, 0.15) is 0 Å². The summed E-state index contributed by atoms with van der Waals surface area (Å²) in [5.74, 6) is -0.459. The van der Waals surface area contributed by atoms with E-state index in [9.17, 15) is 4.79 Å². The summed E-state index contributed by atoms with van der Waals surface area (Å²) >= 11 is 0. The monoisotopic (exact) mass is 206 g/mol. The summed E-state index contributed by atoms with van der Waals surface area (Å²) in [7, 11) is 0. The zero-order valence-electron chi connectivity index (χ0n) is 8.16. The first-order chi connectivity index (χ1) is 7.16. The molecule has 1 unspecified atom stereocenters. The van der Waals surface area contributed by atoms with Crippen LogP contribution in [0.1, 0.15) is 25.0 Å². The molecule has 0 bridgehead atoms. The highest BCUT2D eigenvalue weighted by Gasteiger charge is 2.13. The van der Waals surface area contributed by atoms with Gasteiger partial charge in [-0.25, -0.2) is 4.98 Å². The van der Waals surface area contributed by atoms with E-state index in [4.69, 9.17) is 5.11 Å². The fourth-order valence-electron chi connectivity index (χ4n) is 1.38. The zero-order chi connectivity index (χ0) is 10.8. The van der Waals surface area contributed by atoms with E-state index in [2.05, 4.69) is 15.2 Å². The Bertz CT molecular complexity index is 461. The predicted molar refractivity (Wildman–Crippen MR) is 51.4 cm³/mol. The van der Waals surface area contributed by atoms with E-state index >= 15 is 0 Å². The lowest BCUT2D eigenvalue weighted by Gasteiger charge is -2.02. The highest BCUT2D eigenvalue weighted by Crippen LogP contribution is 2.17. The molecule has 2 heterocycles. The molecule has 0 saturated heterocycles. The summed E-state index contributed by atoms with van der Waals surface area (Å²) in [4.78, 5) is 14.7. The highest BCUT2D eigenvalue weighted by molar-refractivity contribution is 5.67. The standard InChI is InChI=1S/C9H10N4O2/c1-6(4-8(14)15)7-5-13-3-2-10-12-9(13)11-7/h2-3,5-6H,4H2,1H3,(H,14,15). The Kier molecular flexibility index (Phi) is 2.32. The van der Waals surface area contributed by atoms with Crippen molar-refractivity contribution in [2.45, 2.75) is 19.3 Å². The number of hydrogen-bond donors (Lipinski definition) is 1. The van der Waals surface area contributed by atoms with Crippen LogP contribution in [0.5, 0.6) is 0 Å². The highest BCUT2D eigenvalue weighted by atomic mass is 16.4. The normalized spacial score (nSPS) is 12.9. The van der Waals surface area contributed by atoms with Crippen LogP contribution in [0.15, 0.2) is 18.6 Å². The Morgan fingerprint density at radius 3 is 3.13 bits per heavy atom. The average Bonchev–Trinajstić information content (AvgIpc) is 2.59. The molecule has 0 amide bonds. The molecule has 0 fully saturated rings. The van der Waals surface area contributed by atoms with Gasteiger partial charge in [-0.15, -0.1) is 5.10 Å². The van der Waals surface area contributed by atoms with Crippen LogP contribution < -0.4 is 0 Å². The summed E-state index contributed by atoms with van der Waals surface area (Å²) in [5, 5.41) is 16.2. The maximum atomic E-state index is 10.5. The number of carboxylic acids is 1. The quantitative estimate of drug-likeness (QED) is 0.799. The number of imidazole rings is 1. The van der Waals surface area contributed by atoms with Crippen molar-refractivity contribution < 1.29 is 9.90 Å². The molecular formula is C9H10N4O2. The topological polar surface area (TPSA) is 80.4 Å². The molecule has 0 aliphatic carbocycles. The van der Waals surface area contributed by atoms with E-state index in [0.29, 0.717) is 5.78 Å². The first-order valence-electron chi connectivity index (χ1n) is 4.55. The van der Waals surface area contributed by atoms with Crippen LogP contribution in [0.4, 0.5) is 0 Å². The number of rotatable bonds is 3. The van der Waals surface area contributed by atoms with Gasteiger partial charge < -0.3 is 5.11 Å². The lowest BCUT2D eigenvalue weighted by atomic mass is 10.1. The van der Waals surface area contributed by atoms with Gasteiger partial charge in [-0.2, -0.15) is 5.10 Å². The summed E-state index contributed by atoms with van der Waals surface area (Å²) < 4.78 is 1.72. The number of fused-ring (bicyclic) bond motifs is 1. The minimum absolute atomic E-state index is 0.0668. The third-order valence-electron chi connectivity index (χ3n) is 2.16. The zero-order valence-corrected chi connectivity index (χ0v) is 8.16. The van der Waals surface area contributed by atoms with Gasteiger partial charge in [0.15, 0.2) is 0 Å². The van der Waals surface area contributed by atoms with E-state index in [1.165, 1.54) is 0 Å². The van der Waals surface area contributed by atoms with E-state index in [1.54, 1.807) is 23.0 Å². The van der Waals surface area contributed by atoms with Crippen LogP contribution in [0.2, 0.25) is 0 Å². The van der Waals surface area contributed by atoms with Crippen LogP contribution in [-0.2, 0) is 4.79 Å². The van der Waals surface area contributed by atoms with Gasteiger partial charge >= 0.3 is 5.97 Å². The van der Waals surface area contributed by atoms with E-state index in [-0.39, 0.29) is 12.3 Å². The summed E-state index contributed by atoms with van der Waals surface area (Å²) in [6, 6.07) is 0. The SMILES string of the molecule is CC(CC(=O)O)c1cn2ccnnc2n1. The molecule has 1 atom stereocenters. The number of hydrogen-bond acceptors (Lipinski definition) is 4. The Hall–Kier alpha value is -1.98. The van der Waals surface area contributed by atoms with Gasteiger partial charge in [-0.05, 0) is 0 Å². The molecule has 0 spiro atoms. The molecule has 1 N–H and O–H groups in total. The molecule has 0 saturated carbocycles. The van der Waals surface area contributed by atoms with Crippen molar-refractivity contribution >= 4 is 11.7 Å². The maximum absolute atomic E-state index is 10.5. The Morgan fingerprint density at radius 1 is 1.67 bits per heavy atom. The van der Waals surface area contributed by atoms with Crippen molar-refractivity contribution in [3.63, 3.8) is 0 Å². The molecule has 2 aromatic heterocycles. The Balaban J connectivity index is 2.32. The van der Waals surface area contributed by atoms with Crippen LogP contribution in [-0.4, -0.2) is 30.7 Å². The van der Waals surface area contributed by atoms with Crippen molar-refractivity contribution in [1.82, 2.24) is 19.6 Å². The molecule has 15 heavy (non-hydrogen) atoms. The largest absolute Gasteiger partial charge is 0.481 e. The second-order valence-electron chi connectivity index (χ2n) is 3.39. The minimum atomic E-state index is -0.828. The van der Waals surface area contributed by atoms with Crippen molar-refractivity contribution in [2.24, 2.45) is 0 Å². The number of carboxylic acid groups (broad SMARTS) is 1. The van der Waals surface area contributed by atoms with Gasteiger partial charge in [0.25, 0.3) is 5.78 Å². The van der Waals surface area contributed by atoms with E-state index in [0.717, 1.165) is 5.69 Å². The molecule has 0 aliphatic heterocycles. The molecular weight excluding hydrogens is 196 g/mol. The van der Waals surface area contributed by atoms with Crippen LogP contribution in [0.3, 0.4) is 0 Å². The molecule has 78 valence electrons. The third kappa shape index (κ3) is 1.93. The fraction of sp³-hybridized carbons (Fsp3) is 0.333. The van der Waals surface area contributed by atoms with Crippen molar-refractivity contribution in [3.8, 4) is 0 Å². The first kappa shape index (κ1) is 9.57. The van der Waals surface area contributed by atoms with E-state index in [1.807, 2.05) is 6.92 Å². The summed E-state index contributed by atoms with van der Waals surface area (Å²) in [6.45, 7) is 1.82. The molecule has 0 aromatic carbocycles. The van der Waals surface area contributed by atoms with Gasteiger partial charge in [0, 0.05) is 18.3 Å². The lowest BCUT2D eigenvalue weighted by Crippen LogP contribution is -2.02. The number of aromatic nitrogens is 4. The molecule has 0 aliphatic rings. The molecule has 2 aromatic rings. The van der Waals surface area contributed by atoms with Crippen LogP contribution in [0, 0.1) is 0 Å². The molecule has 2 rings (SSSR count). The van der Waals surface area contributed by atoms with Gasteiger partial charge in [-0.3, -0.25) is 9.20 Å². The van der Waals surface area contributed by atoms with Crippen molar-refractivity contribution in [2.75, 3.05) is 0 Å². The number of carbonyl (C=O) groups is 1. The van der Waals surface area contributed by atoms with E-state index < -0.39 is 5.97 Å². The number of nitrogens with zero attached hydrogens (tertiary/aromatic N) is 4. The molecule has 0 radical (unpaired) electrons. The number of aliphatic carboxylic acids is 1. The smallest absolute Gasteiger partial charge is 0.304 e. The third-order valence-corrected chi connectivity index (χ3v) is 2.16. The second kappa shape index (κ2) is 3.64. The second-order valence-corrected chi connectivity index (χ2v) is 3.39. The lowest BCUT2D eigenvalue weighted by molar-refractivity contribution is -0.137. The summed E-state index contributed by atoms with van der Waals surface area (Å²) in [5.41, 5.74) is 0.720. The fourth-order valence-corrected chi connectivity index (χ4v) is 1.38. The molecule has 6 heteroatoms. The van der Waals surface area contributed by atoms with Gasteiger partial charge in [0.2, 0.25) is 0 Å². The summed E-state index contributed by atoms with van der Waals surface area (Å²) in [6.07, 6.45) is 5.13. The van der Waals surface area contributed by atoms with Crippen LogP contribution >= 0.6 is 0 Å². The predicted octanol–water partition coefficient (Wildman–Crippen LogP) is 0.702. The maximum Gasteiger partial charge on any atom is 0.304 e. The van der Waals surface area contributed by atoms with Gasteiger partial charge in [0.05, 0.1) is 18.3 Å². The molecule has 6 nitrogen and oxygen atoms in total. The van der Waals surface area contributed by atoms with Crippen molar-refractivity contribution in [1.29, 1.82) is 0 Å². The Morgan fingerprint density at radius 2 is 2.47 bits per heavy atom. The Labute approximate surface area is 85.6 Å². The minimum Gasteiger partial charge on any atom is -0.481 e. The first-order valence-corrected chi connectivity index (χ1v) is 4.55. The van der Waals surface area contributed by atoms with Gasteiger partial charge in [-0.1, -0.05) is 6.92 Å². The van der Waals surface area contributed by atoms with Crippen LogP contribution in [0.25, 0.3) is 5.78 Å². The van der Waals surface area contributed by atoms with Crippen molar-refractivity contribution in [3.05, 3.63) is 24.3 Å². The average molecular weight is 206 g/mol.